The molecule has 7 heteroatoms. The SMILES string of the molecule is CCNc1nc(OC)nc(Oc2ccccc2F)n1. The standard InChI is InChI=1S/C12H13FN4O2/c1-3-14-10-15-11(18-2)17-12(16-10)19-9-7-5-4-6-8(9)13/h4-7H,3H2,1-2H3,(H,14,15,16,17). The molecule has 0 atom stereocenters. The van der Waals surface area contributed by atoms with E-state index in [1.165, 1.54) is 19.2 Å². The van der Waals surface area contributed by atoms with E-state index in [9.17, 15) is 4.39 Å². The Morgan fingerprint density at radius 1 is 1.16 bits per heavy atom. The van der Waals surface area contributed by atoms with Gasteiger partial charge in [0.15, 0.2) is 11.6 Å². The molecular formula is C12H13FN4O2. The van der Waals surface area contributed by atoms with Crippen molar-refractivity contribution >= 4 is 5.95 Å². The lowest BCUT2D eigenvalue weighted by molar-refractivity contribution is 0.355. The number of rotatable bonds is 5. The molecule has 1 heterocycles. The van der Waals surface area contributed by atoms with Gasteiger partial charge in [-0.05, 0) is 19.1 Å². The lowest BCUT2D eigenvalue weighted by atomic mass is 10.3. The van der Waals surface area contributed by atoms with E-state index in [0.29, 0.717) is 12.5 Å². The van der Waals surface area contributed by atoms with E-state index >= 15 is 0 Å². The van der Waals surface area contributed by atoms with Crippen LogP contribution in [0.15, 0.2) is 24.3 Å². The third-order valence-electron chi connectivity index (χ3n) is 2.15. The third kappa shape index (κ3) is 3.27. The average molecular weight is 264 g/mol. The molecule has 0 saturated heterocycles. The molecule has 1 aromatic heterocycles. The van der Waals surface area contributed by atoms with E-state index in [2.05, 4.69) is 20.3 Å². The first-order valence-electron chi connectivity index (χ1n) is 5.69. The van der Waals surface area contributed by atoms with Gasteiger partial charge in [0.05, 0.1) is 7.11 Å². The van der Waals surface area contributed by atoms with Crippen LogP contribution in [0.4, 0.5) is 10.3 Å². The van der Waals surface area contributed by atoms with Gasteiger partial charge in [0.25, 0.3) is 0 Å². The van der Waals surface area contributed by atoms with Crippen molar-refractivity contribution in [2.75, 3.05) is 19.0 Å². The molecule has 0 bridgehead atoms. The van der Waals surface area contributed by atoms with Gasteiger partial charge in [-0.2, -0.15) is 9.97 Å². The van der Waals surface area contributed by atoms with Gasteiger partial charge in [0.1, 0.15) is 0 Å². The quantitative estimate of drug-likeness (QED) is 0.893. The monoisotopic (exact) mass is 264 g/mol. The molecule has 0 aliphatic heterocycles. The Bertz CT molecular complexity index is 565. The summed E-state index contributed by atoms with van der Waals surface area (Å²) >= 11 is 0. The van der Waals surface area contributed by atoms with E-state index in [-0.39, 0.29) is 17.8 Å². The van der Waals surface area contributed by atoms with Gasteiger partial charge in [0, 0.05) is 6.54 Å². The number of methoxy groups -OCH3 is 1. The molecule has 2 rings (SSSR count). The maximum Gasteiger partial charge on any atom is 0.330 e. The Balaban J connectivity index is 2.29. The average Bonchev–Trinajstić information content (AvgIpc) is 2.41. The van der Waals surface area contributed by atoms with Crippen molar-refractivity contribution in [2.45, 2.75) is 6.92 Å². The number of nitrogens with zero attached hydrogens (tertiary/aromatic N) is 3. The highest BCUT2D eigenvalue weighted by Gasteiger charge is 2.10. The van der Waals surface area contributed by atoms with Gasteiger partial charge in [-0.25, -0.2) is 4.39 Å². The zero-order valence-corrected chi connectivity index (χ0v) is 10.6. The molecule has 2 aromatic rings. The van der Waals surface area contributed by atoms with Gasteiger partial charge >= 0.3 is 12.0 Å². The van der Waals surface area contributed by atoms with Crippen molar-refractivity contribution in [1.29, 1.82) is 0 Å². The van der Waals surface area contributed by atoms with Crippen LogP contribution in [-0.4, -0.2) is 28.6 Å². The first-order chi connectivity index (χ1) is 9.22. The first kappa shape index (κ1) is 13.0. The number of halogens is 1. The van der Waals surface area contributed by atoms with Crippen molar-refractivity contribution in [1.82, 2.24) is 15.0 Å². The molecule has 1 aromatic carbocycles. The number of hydrogen-bond donors (Lipinski definition) is 1. The van der Waals surface area contributed by atoms with Crippen LogP contribution in [-0.2, 0) is 0 Å². The molecule has 0 amide bonds. The van der Waals surface area contributed by atoms with Crippen LogP contribution in [0.25, 0.3) is 0 Å². The number of benzene rings is 1. The zero-order chi connectivity index (χ0) is 13.7. The highest BCUT2D eigenvalue weighted by Crippen LogP contribution is 2.22. The van der Waals surface area contributed by atoms with Crippen molar-refractivity contribution in [3.05, 3.63) is 30.1 Å². The van der Waals surface area contributed by atoms with E-state index in [4.69, 9.17) is 9.47 Å². The van der Waals surface area contributed by atoms with Crippen LogP contribution in [0.5, 0.6) is 17.8 Å². The van der Waals surface area contributed by atoms with Crippen molar-refractivity contribution in [3.63, 3.8) is 0 Å². The molecule has 100 valence electrons. The highest BCUT2D eigenvalue weighted by molar-refractivity contribution is 5.31. The lowest BCUT2D eigenvalue weighted by Crippen LogP contribution is -2.06. The first-order valence-corrected chi connectivity index (χ1v) is 5.69. The molecule has 0 radical (unpaired) electrons. The van der Waals surface area contributed by atoms with Gasteiger partial charge in [-0.1, -0.05) is 12.1 Å². The zero-order valence-electron chi connectivity index (χ0n) is 10.6. The number of aromatic nitrogens is 3. The van der Waals surface area contributed by atoms with E-state index in [0.717, 1.165) is 0 Å². The summed E-state index contributed by atoms with van der Waals surface area (Å²) in [5, 5.41) is 2.91. The third-order valence-corrected chi connectivity index (χ3v) is 2.15. The van der Waals surface area contributed by atoms with Gasteiger partial charge in [0.2, 0.25) is 5.95 Å². The largest absolute Gasteiger partial charge is 0.467 e. The predicted octanol–water partition coefficient (Wildman–Crippen LogP) is 2.24. The number of para-hydroxylation sites is 1. The van der Waals surface area contributed by atoms with Crippen molar-refractivity contribution < 1.29 is 13.9 Å². The highest BCUT2D eigenvalue weighted by atomic mass is 19.1. The van der Waals surface area contributed by atoms with Crippen molar-refractivity contribution in [2.24, 2.45) is 0 Å². The summed E-state index contributed by atoms with van der Waals surface area (Å²) in [4.78, 5) is 11.9. The van der Waals surface area contributed by atoms with E-state index in [1.54, 1.807) is 12.1 Å². The van der Waals surface area contributed by atoms with E-state index < -0.39 is 5.82 Å². The van der Waals surface area contributed by atoms with Crippen LogP contribution in [0.1, 0.15) is 6.92 Å². The Labute approximate surface area is 109 Å². The molecule has 0 saturated carbocycles. The Morgan fingerprint density at radius 3 is 2.58 bits per heavy atom. The number of hydrogen-bond acceptors (Lipinski definition) is 6. The molecule has 19 heavy (non-hydrogen) atoms. The summed E-state index contributed by atoms with van der Waals surface area (Å²) in [5.41, 5.74) is 0. The van der Waals surface area contributed by atoms with Gasteiger partial charge < -0.3 is 14.8 Å². The molecule has 0 aliphatic carbocycles. The summed E-state index contributed by atoms with van der Waals surface area (Å²) < 4.78 is 23.7. The Morgan fingerprint density at radius 2 is 1.89 bits per heavy atom. The summed E-state index contributed by atoms with van der Waals surface area (Å²) in [6.07, 6.45) is 0. The van der Waals surface area contributed by atoms with Gasteiger partial charge in [-0.3, -0.25) is 0 Å². The Hall–Kier alpha value is -2.44. The van der Waals surface area contributed by atoms with Crippen molar-refractivity contribution in [3.8, 4) is 17.8 Å². The molecule has 1 N–H and O–H groups in total. The van der Waals surface area contributed by atoms with E-state index in [1.807, 2.05) is 6.92 Å². The summed E-state index contributed by atoms with van der Waals surface area (Å²) in [6, 6.07) is 6.06. The molecular weight excluding hydrogens is 251 g/mol. The minimum Gasteiger partial charge on any atom is -0.467 e. The van der Waals surface area contributed by atoms with Crippen LogP contribution >= 0.6 is 0 Å². The molecule has 0 fully saturated rings. The fraction of sp³-hybridized carbons (Fsp3) is 0.250. The smallest absolute Gasteiger partial charge is 0.330 e. The number of nitrogens with one attached hydrogen (secondary N) is 1. The summed E-state index contributed by atoms with van der Waals surface area (Å²) in [7, 11) is 1.43. The minimum absolute atomic E-state index is 0.0344. The molecule has 6 nitrogen and oxygen atoms in total. The molecule has 0 unspecified atom stereocenters. The van der Waals surface area contributed by atoms with Gasteiger partial charge in [-0.15, -0.1) is 4.98 Å². The minimum atomic E-state index is -0.494. The molecule has 0 spiro atoms. The predicted molar refractivity (Wildman–Crippen MR) is 67.0 cm³/mol. The fourth-order valence-corrected chi connectivity index (χ4v) is 1.34. The maximum atomic E-state index is 13.5. The lowest BCUT2D eigenvalue weighted by Gasteiger charge is -2.08. The Kier molecular flexibility index (Phi) is 4.07. The summed E-state index contributed by atoms with van der Waals surface area (Å²) in [6.45, 7) is 2.53. The number of ether oxygens (including phenoxy) is 2. The normalized spacial score (nSPS) is 10.1. The second kappa shape index (κ2) is 5.94. The van der Waals surface area contributed by atoms with Crippen LogP contribution in [0, 0.1) is 5.82 Å². The maximum absolute atomic E-state index is 13.5. The summed E-state index contributed by atoms with van der Waals surface area (Å²) in [5.74, 6) is -0.147. The van der Waals surface area contributed by atoms with Crippen LogP contribution in [0.2, 0.25) is 0 Å². The van der Waals surface area contributed by atoms with Crippen LogP contribution < -0.4 is 14.8 Å². The molecule has 0 aliphatic rings. The number of anilines is 1. The van der Waals surface area contributed by atoms with Crippen LogP contribution in [0.3, 0.4) is 0 Å². The fourth-order valence-electron chi connectivity index (χ4n) is 1.34. The second-order valence-corrected chi connectivity index (χ2v) is 3.49. The second-order valence-electron chi connectivity index (χ2n) is 3.49. The topological polar surface area (TPSA) is 69.2 Å².